The first kappa shape index (κ1) is 15.7. The Morgan fingerprint density at radius 1 is 1.43 bits per heavy atom. The lowest BCUT2D eigenvalue weighted by Gasteiger charge is -2.10. The van der Waals surface area contributed by atoms with E-state index in [1.165, 1.54) is 0 Å². The fourth-order valence-corrected chi connectivity index (χ4v) is 2.33. The molecule has 1 aromatic heterocycles. The third-order valence-corrected chi connectivity index (χ3v) is 3.99. The Balaban J connectivity index is 2.46. The highest BCUT2D eigenvalue weighted by molar-refractivity contribution is 7.80. The molecule has 0 bridgehead atoms. The maximum atomic E-state index is 4.46. The zero-order valence-corrected chi connectivity index (χ0v) is 13.9. The summed E-state index contributed by atoms with van der Waals surface area (Å²) in [6, 6.07) is 3.96. The molecule has 0 amide bonds. The lowest BCUT2D eigenvalue weighted by Crippen LogP contribution is -2.03. The van der Waals surface area contributed by atoms with Crippen LogP contribution in [0.4, 0.5) is 5.82 Å². The number of fused-ring (bicyclic) bond motifs is 1. The van der Waals surface area contributed by atoms with E-state index in [-0.39, 0.29) is 0 Å². The monoisotopic (exact) mass is 315 g/mol. The molecule has 0 spiro atoms. The maximum absolute atomic E-state index is 4.46. The maximum Gasteiger partial charge on any atom is 0.141 e. The summed E-state index contributed by atoms with van der Waals surface area (Å²) in [4.78, 5) is 9.55. The Hall–Kier alpha value is -1.64. The molecule has 1 N–H and O–H groups in total. The zero-order valence-electron chi connectivity index (χ0n) is 11.9. The van der Waals surface area contributed by atoms with E-state index in [0.717, 1.165) is 39.0 Å². The van der Waals surface area contributed by atoms with E-state index in [2.05, 4.69) is 56.7 Å². The lowest BCUT2D eigenvalue weighted by molar-refractivity contribution is 1.17. The minimum Gasteiger partial charge on any atom is -0.340 e. The number of nitrogens with zero attached hydrogens (tertiary/aromatic N) is 2. The van der Waals surface area contributed by atoms with Gasteiger partial charge in [0, 0.05) is 16.0 Å². The molecule has 1 unspecified atom stereocenters. The Bertz CT molecular complexity index is 723. The van der Waals surface area contributed by atoms with Gasteiger partial charge in [-0.2, -0.15) is 0 Å². The number of rotatable bonds is 5. The van der Waals surface area contributed by atoms with Crippen LogP contribution >= 0.6 is 21.9 Å². The first-order valence-electron chi connectivity index (χ1n) is 6.65. The number of nitrogens with one attached hydrogen (secondary N) is 1. The summed E-state index contributed by atoms with van der Waals surface area (Å²) in [5, 5.41) is 5.31. The van der Waals surface area contributed by atoms with Crippen molar-refractivity contribution in [3.63, 3.8) is 0 Å². The highest BCUT2D eigenvalue weighted by atomic mass is 32.1. The van der Waals surface area contributed by atoms with Crippen LogP contribution in [0.3, 0.4) is 0 Å². The number of hydrogen-bond acceptors (Lipinski definition) is 4. The zero-order chi connectivity index (χ0) is 15.2. The van der Waals surface area contributed by atoms with Gasteiger partial charge in [-0.05, 0) is 29.9 Å². The van der Waals surface area contributed by atoms with Crippen molar-refractivity contribution in [1.82, 2.24) is 9.97 Å². The molecule has 1 atom stereocenters. The highest BCUT2D eigenvalue weighted by Gasteiger charge is 2.06. The Morgan fingerprint density at radius 3 is 2.95 bits per heavy atom. The minimum atomic E-state index is 0.772. The van der Waals surface area contributed by atoms with Gasteiger partial charge in [-0.25, -0.2) is 9.97 Å². The summed E-state index contributed by atoms with van der Waals surface area (Å²) in [6.07, 6.45) is 10.2. The third kappa shape index (κ3) is 3.93. The molecule has 0 fully saturated rings. The summed E-state index contributed by atoms with van der Waals surface area (Å²) in [5.74, 6) is 0.772. The van der Waals surface area contributed by atoms with E-state index < -0.39 is 0 Å². The SMILES string of the molecule is C=C/C=C\C(=C/CC)Nc1ncnc2cc(P)c(S)cc12. The van der Waals surface area contributed by atoms with Crippen LogP contribution in [0.25, 0.3) is 10.9 Å². The van der Waals surface area contributed by atoms with Gasteiger partial charge in [-0.3, -0.25) is 0 Å². The molecular formula is C16H18N3PS. The van der Waals surface area contributed by atoms with E-state index in [9.17, 15) is 0 Å². The van der Waals surface area contributed by atoms with Crippen LogP contribution in [-0.4, -0.2) is 9.97 Å². The molecule has 2 rings (SSSR count). The van der Waals surface area contributed by atoms with Crippen LogP contribution in [0.5, 0.6) is 0 Å². The topological polar surface area (TPSA) is 37.8 Å². The molecule has 1 aromatic carbocycles. The summed E-state index contributed by atoms with van der Waals surface area (Å²) in [5.41, 5.74) is 1.87. The van der Waals surface area contributed by atoms with Crippen molar-refractivity contribution in [2.24, 2.45) is 0 Å². The van der Waals surface area contributed by atoms with Crippen LogP contribution in [0, 0.1) is 0 Å². The predicted molar refractivity (Wildman–Crippen MR) is 97.5 cm³/mol. The molecule has 0 aliphatic rings. The second kappa shape index (κ2) is 7.39. The number of hydrogen-bond donors (Lipinski definition) is 2. The van der Waals surface area contributed by atoms with E-state index in [4.69, 9.17) is 0 Å². The number of thiol groups is 1. The number of anilines is 1. The van der Waals surface area contributed by atoms with Crippen molar-refractivity contribution in [1.29, 1.82) is 0 Å². The summed E-state index contributed by atoms with van der Waals surface area (Å²) < 4.78 is 0. The summed E-state index contributed by atoms with van der Waals surface area (Å²) in [7, 11) is 2.66. The summed E-state index contributed by atoms with van der Waals surface area (Å²) in [6.45, 7) is 5.78. The molecule has 3 nitrogen and oxygen atoms in total. The Kier molecular flexibility index (Phi) is 5.54. The van der Waals surface area contributed by atoms with E-state index >= 15 is 0 Å². The van der Waals surface area contributed by atoms with Gasteiger partial charge in [0.25, 0.3) is 0 Å². The van der Waals surface area contributed by atoms with Gasteiger partial charge in [-0.15, -0.1) is 21.9 Å². The van der Waals surface area contributed by atoms with Crippen LogP contribution in [0.1, 0.15) is 13.3 Å². The smallest absolute Gasteiger partial charge is 0.141 e. The predicted octanol–water partition coefficient (Wildman–Crippen LogP) is 3.87. The van der Waals surface area contributed by atoms with Crippen molar-refractivity contribution in [2.45, 2.75) is 18.2 Å². The number of benzene rings is 1. The fourth-order valence-electron chi connectivity index (χ4n) is 1.90. The van der Waals surface area contributed by atoms with E-state index in [1.807, 2.05) is 24.3 Å². The van der Waals surface area contributed by atoms with Crippen LogP contribution in [0.15, 0.2) is 59.9 Å². The second-order valence-electron chi connectivity index (χ2n) is 4.44. The standard InChI is InChI=1S/C16H18N3PS/c1-3-5-7-11(6-4-2)19-16-12-8-15(21)14(20)9-13(12)17-10-18-16/h3,5-10,21H,1,4,20H2,2H3,(H,17,18,19)/b7-5-,11-6+. The molecule has 5 heteroatoms. The average Bonchev–Trinajstić information content (AvgIpc) is 2.47. The van der Waals surface area contributed by atoms with Crippen molar-refractivity contribution >= 4 is 43.9 Å². The van der Waals surface area contributed by atoms with E-state index in [0.29, 0.717) is 0 Å². The average molecular weight is 315 g/mol. The summed E-state index contributed by atoms with van der Waals surface area (Å²) >= 11 is 4.46. The molecule has 0 aliphatic heterocycles. The Morgan fingerprint density at radius 2 is 2.24 bits per heavy atom. The van der Waals surface area contributed by atoms with E-state index in [1.54, 1.807) is 12.4 Å². The quantitative estimate of drug-likeness (QED) is 0.500. The largest absolute Gasteiger partial charge is 0.340 e. The molecule has 21 heavy (non-hydrogen) atoms. The first-order chi connectivity index (χ1) is 10.2. The third-order valence-electron chi connectivity index (χ3n) is 2.88. The molecule has 1 heterocycles. The first-order valence-corrected chi connectivity index (χ1v) is 7.67. The van der Waals surface area contributed by atoms with Gasteiger partial charge in [0.1, 0.15) is 12.1 Å². The van der Waals surface area contributed by atoms with Crippen molar-refractivity contribution in [3.05, 3.63) is 55.0 Å². The Labute approximate surface area is 132 Å². The second-order valence-corrected chi connectivity index (χ2v) is 5.54. The molecule has 0 saturated carbocycles. The fraction of sp³-hybridized carbons (Fsp3) is 0.125. The normalized spacial score (nSPS) is 12.0. The van der Waals surface area contributed by atoms with Gasteiger partial charge in [0.15, 0.2) is 0 Å². The molecule has 108 valence electrons. The van der Waals surface area contributed by atoms with Gasteiger partial charge in [-0.1, -0.05) is 31.7 Å². The van der Waals surface area contributed by atoms with Crippen molar-refractivity contribution in [2.75, 3.05) is 5.32 Å². The van der Waals surface area contributed by atoms with Gasteiger partial charge < -0.3 is 5.32 Å². The molecule has 0 aliphatic carbocycles. The van der Waals surface area contributed by atoms with Crippen LogP contribution in [-0.2, 0) is 0 Å². The van der Waals surface area contributed by atoms with Crippen molar-refractivity contribution in [3.8, 4) is 0 Å². The van der Waals surface area contributed by atoms with Gasteiger partial charge in [0.05, 0.1) is 5.52 Å². The molecule has 0 radical (unpaired) electrons. The number of aromatic nitrogens is 2. The lowest BCUT2D eigenvalue weighted by atomic mass is 10.2. The van der Waals surface area contributed by atoms with Gasteiger partial charge in [0.2, 0.25) is 0 Å². The minimum absolute atomic E-state index is 0.772. The van der Waals surface area contributed by atoms with Crippen molar-refractivity contribution < 1.29 is 0 Å². The van der Waals surface area contributed by atoms with Gasteiger partial charge >= 0.3 is 0 Å². The van der Waals surface area contributed by atoms with Crippen LogP contribution < -0.4 is 10.6 Å². The molecular weight excluding hydrogens is 297 g/mol. The van der Waals surface area contributed by atoms with Crippen LogP contribution in [0.2, 0.25) is 0 Å². The molecule has 2 aromatic rings. The highest BCUT2D eigenvalue weighted by Crippen LogP contribution is 2.23. The molecule has 0 saturated heterocycles. The number of allylic oxidation sites excluding steroid dienone is 4.